The summed E-state index contributed by atoms with van der Waals surface area (Å²) in [4.78, 5) is 58.8. The second-order valence-corrected chi connectivity index (χ2v) is 27.7. The van der Waals surface area contributed by atoms with E-state index in [-0.39, 0.29) is 65.6 Å². The molecule has 4 rings (SSSR count). The van der Waals surface area contributed by atoms with Gasteiger partial charge in [-0.05, 0) is 92.8 Å². The Morgan fingerprint density at radius 1 is 0.713 bits per heavy atom. The van der Waals surface area contributed by atoms with Gasteiger partial charge < -0.3 is 33.6 Å². The van der Waals surface area contributed by atoms with E-state index in [0.717, 1.165) is 55.0 Å². The first kappa shape index (κ1) is 78.2. The highest BCUT2D eigenvalue weighted by Gasteiger charge is 2.25. The van der Waals surface area contributed by atoms with Gasteiger partial charge in [-0.25, -0.2) is 9.97 Å². The molecule has 0 aliphatic carbocycles. The largest absolute Gasteiger partial charge is 0.385 e. The number of ether oxygens (including phenoxy) is 5. The summed E-state index contributed by atoms with van der Waals surface area (Å²) in [5.74, 6) is 2.56. The number of pyridine rings is 1. The number of carbonyl (C=O) groups is 3. The van der Waals surface area contributed by atoms with E-state index in [1.54, 1.807) is 37.9 Å². The Balaban J connectivity index is 0. The lowest BCUT2D eigenvalue weighted by atomic mass is 9.80. The van der Waals surface area contributed by atoms with Gasteiger partial charge in [-0.2, -0.15) is 10.2 Å². The Hall–Kier alpha value is -3.86. The van der Waals surface area contributed by atoms with Crippen LogP contribution in [0.5, 0.6) is 0 Å². The van der Waals surface area contributed by atoms with Gasteiger partial charge in [0.2, 0.25) is 5.56 Å². The SMILES string of the molecule is CC(C)(C)C(=O)COCCC1=NN=CC1.CC(C)(C)C(=O)COCc1cccc(=O)[nH]1.CC(C)(C)CC1CCCO1.CCN(CC)CCC(C)C(C)(C)C.COCCC(C)C(C)(C)C.Cc1ncc(COCC(=O)C(C)(C)C)cn1. The van der Waals surface area contributed by atoms with E-state index >= 15 is 0 Å². The quantitative estimate of drug-likeness (QED) is 0.110. The zero-order chi connectivity index (χ0) is 62.0. The van der Waals surface area contributed by atoms with Crippen LogP contribution >= 0.6 is 0 Å². The number of hydrogen-bond acceptors (Lipinski definition) is 14. The van der Waals surface area contributed by atoms with Crippen LogP contribution < -0.4 is 5.56 Å². The number of nitrogens with zero attached hydrogens (tertiary/aromatic N) is 5. The Kier molecular flexibility index (Phi) is 38.7. The zero-order valence-corrected chi connectivity index (χ0v) is 55.3. The summed E-state index contributed by atoms with van der Waals surface area (Å²) in [6, 6.07) is 4.84. The molecular formula is C65H118N6O9. The third-order valence-corrected chi connectivity index (χ3v) is 13.9. The highest BCUT2D eigenvalue weighted by Crippen LogP contribution is 2.29. The average Bonchev–Trinajstić information content (AvgIpc) is 4.07. The van der Waals surface area contributed by atoms with Crippen LogP contribution in [-0.4, -0.2) is 122 Å². The molecule has 15 nitrogen and oxygen atoms in total. The summed E-state index contributed by atoms with van der Waals surface area (Å²) in [5, 5.41) is 7.68. The number of aromatic nitrogens is 3. The molecule has 2 aromatic heterocycles. The average molecular weight is 1130 g/mol. The Morgan fingerprint density at radius 3 is 1.62 bits per heavy atom. The first-order valence-corrected chi connectivity index (χ1v) is 29.5. The van der Waals surface area contributed by atoms with Crippen LogP contribution in [0.25, 0.3) is 0 Å². The summed E-state index contributed by atoms with van der Waals surface area (Å²) in [6.45, 7) is 55.5. The van der Waals surface area contributed by atoms with Crippen molar-refractivity contribution in [1.29, 1.82) is 0 Å². The molecule has 4 heterocycles. The number of hydrogen-bond donors (Lipinski definition) is 1. The standard InChI is InChI=1S/C12H18N2O2.C12H17NO3.C12H27N.C11H18N2O2.C9H18O.C9H20O/c1-9-13-5-10(6-14-9)7-16-8-11(15)12(2,3)4;1-12(2,3)10(14)8-16-7-9-5-4-6-11(15)13-9;1-7-13(8-2)10-9-11(3)12(4,5)6;1-11(2,3)10(14)8-15-7-5-9-4-6-12-13-9;1-9(2,3)7-8-5-4-6-10-8;1-8(6-7-10-5)9(2,3)4/h5-6H,7-8H2,1-4H3;4-6H,7-8H2,1-3H3,(H,13,15);11H,7-10H2,1-6H3;6H,4-5,7-8H2,1-3H3;8H,4-7H2,1-3H3;8H,6-7H2,1-5H3. The lowest BCUT2D eigenvalue weighted by molar-refractivity contribution is -0.132. The van der Waals surface area contributed by atoms with Crippen molar-refractivity contribution in [3.8, 4) is 0 Å². The fraction of sp³-hybridized carbons (Fsp3) is 0.785. The van der Waals surface area contributed by atoms with Crippen molar-refractivity contribution in [1.82, 2.24) is 19.9 Å². The van der Waals surface area contributed by atoms with Gasteiger partial charge in [-0.15, -0.1) is 0 Å². The molecule has 462 valence electrons. The zero-order valence-electron chi connectivity index (χ0n) is 55.3. The van der Waals surface area contributed by atoms with Crippen LogP contribution in [0.4, 0.5) is 0 Å². The van der Waals surface area contributed by atoms with E-state index in [1.165, 1.54) is 57.8 Å². The van der Waals surface area contributed by atoms with E-state index < -0.39 is 0 Å². The van der Waals surface area contributed by atoms with Gasteiger partial charge >= 0.3 is 0 Å². The predicted molar refractivity (Wildman–Crippen MR) is 332 cm³/mol. The van der Waals surface area contributed by atoms with Crippen molar-refractivity contribution >= 4 is 29.3 Å². The van der Waals surface area contributed by atoms with E-state index in [4.69, 9.17) is 23.7 Å². The summed E-state index contributed by atoms with van der Waals surface area (Å²) in [7, 11) is 1.76. The van der Waals surface area contributed by atoms with Gasteiger partial charge in [0.1, 0.15) is 25.6 Å². The van der Waals surface area contributed by atoms with Crippen molar-refractivity contribution in [2.75, 3.05) is 66.4 Å². The topological polar surface area (TPSA) is 184 Å². The molecule has 1 fully saturated rings. The maximum atomic E-state index is 11.6. The van der Waals surface area contributed by atoms with Crippen LogP contribution in [-0.2, 0) is 51.3 Å². The van der Waals surface area contributed by atoms with Crippen molar-refractivity contribution in [2.45, 2.75) is 224 Å². The molecule has 0 radical (unpaired) electrons. The Morgan fingerprint density at radius 2 is 1.21 bits per heavy atom. The molecule has 80 heavy (non-hydrogen) atoms. The third kappa shape index (κ3) is 42.0. The molecule has 0 amide bonds. The number of aromatic amines is 1. The Bertz CT molecular complexity index is 2080. The van der Waals surface area contributed by atoms with Crippen molar-refractivity contribution in [2.24, 2.45) is 54.5 Å². The molecule has 3 unspecified atom stereocenters. The Labute approximate surface area is 487 Å². The maximum absolute atomic E-state index is 11.6. The maximum Gasteiger partial charge on any atom is 0.248 e. The number of ketones is 3. The molecule has 0 bridgehead atoms. The van der Waals surface area contributed by atoms with E-state index in [0.29, 0.717) is 41.3 Å². The smallest absolute Gasteiger partial charge is 0.248 e. The molecule has 0 saturated carbocycles. The van der Waals surface area contributed by atoms with Crippen LogP contribution in [0.1, 0.15) is 214 Å². The number of nitrogens with one attached hydrogen (secondary N) is 1. The third-order valence-electron chi connectivity index (χ3n) is 13.9. The van der Waals surface area contributed by atoms with Crippen LogP contribution in [0.15, 0.2) is 45.6 Å². The van der Waals surface area contributed by atoms with Crippen molar-refractivity contribution < 1.29 is 38.1 Å². The minimum Gasteiger partial charge on any atom is -0.385 e. The number of rotatable bonds is 22. The van der Waals surface area contributed by atoms with Crippen molar-refractivity contribution in [3.63, 3.8) is 0 Å². The monoisotopic (exact) mass is 1130 g/mol. The molecule has 0 spiro atoms. The second kappa shape index (κ2) is 39.6. The number of H-pyrrole nitrogens is 1. The number of aryl methyl sites for hydroxylation is 1. The van der Waals surface area contributed by atoms with Gasteiger partial charge in [-0.3, -0.25) is 19.2 Å². The highest BCUT2D eigenvalue weighted by atomic mass is 16.5. The number of carbonyl (C=O) groups excluding carboxylic acids is 3. The van der Waals surface area contributed by atoms with Gasteiger partial charge in [-0.1, -0.05) is 158 Å². The molecule has 2 aliphatic heterocycles. The molecule has 1 N–H and O–H groups in total. The van der Waals surface area contributed by atoms with Gasteiger partial charge in [0.25, 0.3) is 0 Å². The first-order chi connectivity index (χ1) is 36.8. The van der Waals surface area contributed by atoms with Crippen LogP contribution in [0.3, 0.4) is 0 Å². The normalized spacial score (nSPS) is 15.3. The van der Waals surface area contributed by atoms with Gasteiger partial charge in [0.05, 0.1) is 25.9 Å². The molecular weight excluding hydrogens is 1010 g/mol. The molecule has 3 atom stereocenters. The van der Waals surface area contributed by atoms with E-state index in [1.807, 2.05) is 69.2 Å². The van der Waals surface area contributed by atoms with Crippen LogP contribution in [0.2, 0.25) is 0 Å². The molecule has 2 aliphatic rings. The fourth-order valence-corrected chi connectivity index (χ4v) is 6.62. The summed E-state index contributed by atoms with van der Waals surface area (Å²) in [5.41, 5.74) is 2.71. The van der Waals surface area contributed by atoms with E-state index in [9.17, 15) is 19.2 Å². The number of methoxy groups -OCH3 is 1. The van der Waals surface area contributed by atoms with Gasteiger partial charge in [0, 0.05) is 91.1 Å². The molecule has 0 aromatic carbocycles. The molecule has 15 heteroatoms. The second-order valence-electron chi connectivity index (χ2n) is 27.7. The minimum absolute atomic E-state index is 0.0470. The van der Waals surface area contributed by atoms with Gasteiger partial charge in [0.15, 0.2) is 17.3 Å². The molecule has 1 saturated heterocycles. The molecule has 2 aromatic rings. The lowest BCUT2D eigenvalue weighted by Crippen LogP contribution is -2.28. The minimum atomic E-state index is -0.385. The van der Waals surface area contributed by atoms with E-state index in [2.05, 4.69) is 120 Å². The fourth-order valence-electron chi connectivity index (χ4n) is 6.62. The summed E-state index contributed by atoms with van der Waals surface area (Å²) >= 11 is 0. The highest BCUT2D eigenvalue weighted by molar-refractivity contribution is 5.98. The van der Waals surface area contributed by atoms with Crippen molar-refractivity contribution in [3.05, 3.63) is 58.0 Å². The lowest BCUT2D eigenvalue weighted by Gasteiger charge is -2.29. The number of Topliss-reactive ketones (excluding diaryl/α,β-unsaturated/α-hetero) is 3. The van der Waals surface area contributed by atoms with Crippen LogP contribution in [0, 0.1) is 51.2 Å². The summed E-state index contributed by atoms with van der Waals surface area (Å²) in [6.07, 6.45) is 13.6. The summed E-state index contributed by atoms with van der Waals surface area (Å²) < 4.78 is 26.4. The predicted octanol–water partition coefficient (Wildman–Crippen LogP) is 14.0. The first-order valence-electron chi connectivity index (χ1n) is 29.5.